The number of aromatic amines is 1. The molecular weight excluding hydrogens is 564 g/mol. The standard InChI is InChI=1S/C29H33F6N5O2/c1-38(2)8-10-40-11-9-39(3)26(25(42)18-12-20(28(30,31)32)14-21(13-18)29(33,34)35)27(40,16-24(36)41)15-19-17-37-23-7-5-4-6-22(19)23/h4-7,12-14,17,26,37H,8-11,15-16H2,1-3H3,(H2,36,41). The molecule has 0 radical (unpaired) electrons. The number of rotatable bonds is 9. The van der Waals surface area contributed by atoms with Crippen LogP contribution in [0.4, 0.5) is 26.3 Å². The molecule has 42 heavy (non-hydrogen) atoms. The Kier molecular flexibility index (Phi) is 8.77. The van der Waals surface area contributed by atoms with E-state index >= 15 is 0 Å². The number of carbonyl (C=O) groups excluding carboxylic acids is 2. The molecule has 1 aromatic heterocycles. The number of hydrogen-bond acceptors (Lipinski definition) is 5. The predicted octanol–water partition coefficient (Wildman–Crippen LogP) is 4.42. The minimum atomic E-state index is -5.12. The lowest BCUT2D eigenvalue weighted by atomic mass is 9.73. The van der Waals surface area contributed by atoms with E-state index in [1.165, 1.54) is 0 Å². The third kappa shape index (κ3) is 6.47. The van der Waals surface area contributed by atoms with Gasteiger partial charge in [-0.05, 0) is 57.4 Å². The summed E-state index contributed by atoms with van der Waals surface area (Å²) in [6, 6.07) is 6.96. The molecule has 1 fully saturated rings. The number of Topliss-reactive ketones (excluding diaryl/α,β-unsaturated/α-hetero) is 1. The molecule has 13 heteroatoms. The van der Waals surface area contributed by atoms with E-state index in [2.05, 4.69) is 4.98 Å². The quantitative estimate of drug-likeness (QED) is 0.282. The van der Waals surface area contributed by atoms with Crippen LogP contribution in [0, 0.1) is 0 Å². The molecule has 3 aromatic rings. The minimum absolute atomic E-state index is 0.00659. The van der Waals surface area contributed by atoms with Gasteiger partial charge in [-0.2, -0.15) is 26.3 Å². The van der Waals surface area contributed by atoms with Crippen LogP contribution >= 0.6 is 0 Å². The number of para-hydroxylation sites is 1. The Morgan fingerprint density at radius 3 is 2.21 bits per heavy atom. The van der Waals surface area contributed by atoms with Gasteiger partial charge in [0.25, 0.3) is 0 Å². The Bertz CT molecular complexity index is 1420. The lowest BCUT2D eigenvalue weighted by molar-refractivity contribution is -0.143. The van der Waals surface area contributed by atoms with E-state index in [0.29, 0.717) is 31.8 Å². The fourth-order valence-corrected chi connectivity index (χ4v) is 5.96. The molecule has 2 heterocycles. The summed E-state index contributed by atoms with van der Waals surface area (Å²) in [7, 11) is 5.26. The fourth-order valence-electron chi connectivity index (χ4n) is 5.96. The maximum Gasteiger partial charge on any atom is 0.416 e. The summed E-state index contributed by atoms with van der Waals surface area (Å²) in [6.45, 7) is 1.56. The monoisotopic (exact) mass is 597 g/mol. The summed E-state index contributed by atoms with van der Waals surface area (Å²) < 4.78 is 82.3. The highest BCUT2D eigenvalue weighted by molar-refractivity contribution is 6.02. The number of alkyl halides is 6. The van der Waals surface area contributed by atoms with Crippen molar-refractivity contribution in [3.05, 3.63) is 70.9 Å². The zero-order valence-corrected chi connectivity index (χ0v) is 23.4. The van der Waals surface area contributed by atoms with E-state index in [-0.39, 0.29) is 25.5 Å². The second-order valence-corrected chi connectivity index (χ2v) is 11.1. The Balaban J connectivity index is 1.93. The number of hydrogen-bond donors (Lipinski definition) is 2. The number of halogens is 6. The lowest BCUT2D eigenvalue weighted by Crippen LogP contribution is -2.72. The summed E-state index contributed by atoms with van der Waals surface area (Å²) in [5.74, 6) is -1.71. The number of carbonyl (C=O) groups is 2. The summed E-state index contributed by atoms with van der Waals surface area (Å²) in [4.78, 5) is 35.5. The number of nitrogens with two attached hydrogens (primary N) is 1. The normalized spacial score (nSPS) is 20.9. The van der Waals surface area contributed by atoms with Gasteiger partial charge in [0.2, 0.25) is 5.91 Å². The molecule has 0 saturated carbocycles. The van der Waals surface area contributed by atoms with Gasteiger partial charge in [0.15, 0.2) is 5.78 Å². The number of primary amides is 1. The van der Waals surface area contributed by atoms with Crippen LogP contribution < -0.4 is 5.73 Å². The molecule has 0 spiro atoms. The predicted molar refractivity (Wildman–Crippen MR) is 146 cm³/mol. The molecule has 0 aliphatic carbocycles. The van der Waals surface area contributed by atoms with Crippen molar-refractivity contribution in [1.82, 2.24) is 19.7 Å². The van der Waals surface area contributed by atoms with Gasteiger partial charge in [0.05, 0.1) is 22.7 Å². The second kappa shape index (κ2) is 11.7. The highest BCUT2D eigenvalue weighted by atomic mass is 19.4. The summed E-state index contributed by atoms with van der Waals surface area (Å²) >= 11 is 0. The summed E-state index contributed by atoms with van der Waals surface area (Å²) in [5, 5.41) is 0.812. The number of H-pyrrole nitrogens is 1. The highest BCUT2D eigenvalue weighted by Gasteiger charge is 2.53. The van der Waals surface area contributed by atoms with Crippen molar-refractivity contribution in [2.24, 2.45) is 5.73 Å². The van der Waals surface area contributed by atoms with Crippen LogP contribution in [0.1, 0.15) is 33.5 Å². The van der Waals surface area contributed by atoms with Crippen molar-refractivity contribution in [2.75, 3.05) is 47.3 Å². The molecule has 2 unspecified atom stereocenters. The van der Waals surface area contributed by atoms with Crippen molar-refractivity contribution in [3.63, 3.8) is 0 Å². The van der Waals surface area contributed by atoms with E-state index in [0.717, 1.165) is 16.5 Å². The van der Waals surface area contributed by atoms with Gasteiger partial charge in [-0.25, -0.2) is 0 Å². The number of ketones is 1. The number of amides is 1. The van der Waals surface area contributed by atoms with Crippen LogP contribution in [0.15, 0.2) is 48.7 Å². The maximum atomic E-state index is 14.3. The molecule has 1 aliphatic rings. The van der Waals surface area contributed by atoms with Crippen LogP contribution in [0.5, 0.6) is 0 Å². The first kappa shape index (κ1) is 31.5. The molecule has 1 aliphatic heterocycles. The summed E-state index contributed by atoms with van der Waals surface area (Å²) in [5.41, 5.74) is 2.00. The van der Waals surface area contributed by atoms with E-state index in [4.69, 9.17) is 5.73 Å². The number of benzene rings is 2. The average molecular weight is 598 g/mol. The third-order valence-electron chi connectivity index (χ3n) is 7.89. The van der Waals surface area contributed by atoms with Crippen LogP contribution in [0.3, 0.4) is 0 Å². The van der Waals surface area contributed by atoms with Gasteiger partial charge in [0.1, 0.15) is 0 Å². The van der Waals surface area contributed by atoms with Crippen molar-refractivity contribution < 1.29 is 35.9 Å². The number of nitrogens with zero attached hydrogens (tertiary/aromatic N) is 3. The molecule has 0 bridgehead atoms. The highest BCUT2D eigenvalue weighted by Crippen LogP contribution is 2.40. The molecule has 1 amide bonds. The Morgan fingerprint density at radius 1 is 1.02 bits per heavy atom. The largest absolute Gasteiger partial charge is 0.416 e. The van der Waals surface area contributed by atoms with Crippen LogP contribution in [-0.2, 0) is 23.6 Å². The van der Waals surface area contributed by atoms with Crippen LogP contribution in [-0.4, -0.2) is 90.3 Å². The maximum absolute atomic E-state index is 14.3. The van der Waals surface area contributed by atoms with Gasteiger partial charge >= 0.3 is 12.4 Å². The Hall–Kier alpha value is -3.42. The first-order valence-corrected chi connectivity index (χ1v) is 13.3. The first-order valence-electron chi connectivity index (χ1n) is 13.3. The van der Waals surface area contributed by atoms with Gasteiger partial charge < -0.3 is 15.6 Å². The lowest BCUT2D eigenvalue weighted by Gasteiger charge is -2.55. The Morgan fingerprint density at radius 2 is 1.64 bits per heavy atom. The number of likely N-dealkylation sites (N-methyl/N-ethyl adjacent to an activating group) is 2. The Labute approximate surface area is 239 Å². The average Bonchev–Trinajstić information content (AvgIpc) is 3.28. The zero-order chi connectivity index (χ0) is 31.0. The third-order valence-corrected chi connectivity index (χ3v) is 7.89. The molecular formula is C29H33F6N5O2. The van der Waals surface area contributed by atoms with Gasteiger partial charge in [0, 0.05) is 55.3 Å². The molecule has 2 atom stereocenters. The van der Waals surface area contributed by atoms with Gasteiger partial charge in [-0.15, -0.1) is 0 Å². The van der Waals surface area contributed by atoms with Crippen molar-refractivity contribution >= 4 is 22.6 Å². The fraction of sp³-hybridized carbons (Fsp3) is 0.448. The van der Waals surface area contributed by atoms with Crippen molar-refractivity contribution in [2.45, 2.75) is 36.8 Å². The first-order chi connectivity index (χ1) is 19.5. The van der Waals surface area contributed by atoms with E-state index in [1.54, 1.807) is 18.1 Å². The van der Waals surface area contributed by atoms with Crippen molar-refractivity contribution in [3.8, 4) is 0 Å². The molecule has 1 saturated heterocycles. The van der Waals surface area contributed by atoms with Crippen LogP contribution in [0.2, 0.25) is 0 Å². The van der Waals surface area contributed by atoms with Crippen LogP contribution in [0.25, 0.3) is 10.9 Å². The molecule has 228 valence electrons. The molecule has 2 aromatic carbocycles. The number of fused-ring (bicyclic) bond motifs is 1. The SMILES string of the molecule is CN(C)CCN1CCN(C)C(C(=O)c2cc(C(F)(F)F)cc(C(F)(F)F)c2)C1(CC(N)=O)Cc1c[nH]c2ccccc12. The van der Waals surface area contributed by atoms with E-state index in [1.807, 2.05) is 48.2 Å². The van der Waals surface area contributed by atoms with Gasteiger partial charge in [-0.1, -0.05) is 18.2 Å². The molecule has 3 N–H and O–H groups in total. The topological polar surface area (TPSA) is 85.7 Å². The van der Waals surface area contributed by atoms with Gasteiger partial charge in [-0.3, -0.25) is 19.4 Å². The second-order valence-electron chi connectivity index (χ2n) is 11.1. The number of aromatic nitrogens is 1. The van der Waals surface area contributed by atoms with E-state index < -0.39 is 52.3 Å². The number of piperazine rings is 1. The molecule has 7 nitrogen and oxygen atoms in total. The zero-order valence-electron chi connectivity index (χ0n) is 23.4. The van der Waals surface area contributed by atoms with Crippen molar-refractivity contribution in [1.29, 1.82) is 0 Å². The number of nitrogens with one attached hydrogen (secondary N) is 1. The van der Waals surface area contributed by atoms with E-state index in [9.17, 15) is 35.9 Å². The smallest absolute Gasteiger partial charge is 0.370 e. The molecule has 4 rings (SSSR count). The summed E-state index contributed by atoms with van der Waals surface area (Å²) in [6.07, 6.45) is -8.79. The minimum Gasteiger partial charge on any atom is -0.370 e.